The molecule has 0 aliphatic rings. The Labute approximate surface area is 123 Å². The first-order chi connectivity index (χ1) is 8.66. The number of hydrogen-bond acceptors (Lipinski definition) is 2. The van der Waals surface area contributed by atoms with E-state index in [2.05, 4.69) is 27.3 Å². The average Bonchev–Trinajstić information content (AvgIpc) is 2.76. The molecule has 0 spiro atoms. The maximum Gasteiger partial charge on any atom is 0.142 e. The molecule has 1 nitrogen and oxygen atoms in total. The van der Waals surface area contributed by atoms with Crippen LogP contribution in [0.25, 0.3) is 0 Å². The predicted octanol–water partition coefficient (Wildman–Crippen LogP) is 4.64. The summed E-state index contributed by atoms with van der Waals surface area (Å²) in [7, 11) is 0. The lowest BCUT2D eigenvalue weighted by molar-refractivity contribution is 0.621. The van der Waals surface area contributed by atoms with E-state index in [0.29, 0.717) is 6.54 Å². The summed E-state index contributed by atoms with van der Waals surface area (Å²) in [6, 6.07) is 9.03. The molecule has 0 unspecified atom stereocenters. The lowest BCUT2D eigenvalue weighted by Crippen LogP contribution is -2.16. The van der Waals surface area contributed by atoms with Gasteiger partial charge in [-0.05, 0) is 46.1 Å². The Kier molecular flexibility index (Phi) is 5.18. The van der Waals surface area contributed by atoms with Crippen molar-refractivity contribution in [3.05, 3.63) is 55.4 Å². The van der Waals surface area contributed by atoms with E-state index in [-0.39, 0.29) is 10.8 Å². The van der Waals surface area contributed by atoms with E-state index in [1.165, 1.54) is 10.9 Å². The fourth-order valence-corrected chi connectivity index (χ4v) is 3.28. The molecule has 18 heavy (non-hydrogen) atoms. The molecule has 0 fully saturated rings. The highest BCUT2D eigenvalue weighted by Gasteiger charge is 2.04. The van der Waals surface area contributed by atoms with Crippen molar-refractivity contribution in [1.29, 1.82) is 0 Å². The topological polar surface area (TPSA) is 12.0 Å². The van der Waals surface area contributed by atoms with Crippen molar-refractivity contribution in [2.24, 2.45) is 0 Å². The smallest absolute Gasteiger partial charge is 0.142 e. The largest absolute Gasteiger partial charge is 0.312 e. The van der Waals surface area contributed by atoms with E-state index in [4.69, 9.17) is 11.6 Å². The molecule has 0 amide bonds. The van der Waals surface area contributed by atoms with Crippen molar-refractivity contribution >= 4 is 38.9 Å². The number of nitrogens with one attached hydrogen (secondary N) is 1. The molecule has 0 aliphatic heterocycles. The summed E-state index contributed by atoms with van der Waals surface area (Å²) < 4.78 is 14.3. The fraction of sp³-hybridized carbons (Fsp3) is 0.231. The molecule has 5 heteroatoms. The molecular weight excluding hydrogens is 337 g/mol. The monoisotopic (exact) mass is 347 g/mol. The van der Waals surface area contributed by atoms with Gasteiger partial charge in [0.2, 0.25) is 0 Å². The van der Waals surface area contributed by atoms with Gasteiger partial charge in [-0.2, -0.15) is 0 Å². The van der Waals surface area contributed by atoms with E-state index in [9.17, 15) is 4.39 Å². The number of benzene rings is 1. The van der Waals surface area contributed by atoms with Crippen LogP contribution >= 0.6 is 38.9 Å². The number of hydrogen-bond donors (Lipinski definition) is 1. The van der Waals surface area contributed by atoms with Crippen molar-refractivity contribution in [2.45, 2.75) is 13.0 Å². The van der Waals surface area contributed by atoms with E-state index in [1.54, 1.807) is 17.4 Å². The van der Waals surface area contributed by atoms with Gasteiger partial charge in [-0.25, -0.2) is 4.39 Å². The molecule has 0 saturated heterocycles. The molecule has 2 rings (SSSR count). The van der Waals surface area contributed by atoms with Crippen LogP contribution in [0.4, 0.5) is 4.39 Å². The van der Waals surface area contributed by atoms with E-state index < -0.39 is 0 Å². The van der Waals surface area contributed by atoms with Crippen LogP contribution in [0.15, 0.2) is 34.1 Å². The minimum absolute atomic E-state index is 0.212. The first kappa shape index (κ1) is 14.0. The third kappa shape index (κ3) is 3.79. The first-order valence-corrected chi connectivity index (χ1v) is 7.53. The highest BCUT2D eigenvalue weighted by atomic mass is 79.9. The van der Waals surface area contributed by atoms with Crippen molar-refractivity contribution in [3.63, 3.8) is 0 Å². The predicted molar refractivity (Wildman–Crippen MR) is 78.8 cm³/mol. The van der Waals surface area contributed by atoms with Crippen molar-refractivity contribution in [2.75, 3.05) is 6.54 Å². The zero-order valence-corrected chi connectivity index (χ0v) is 12.7. The third-order valence-corrected chi connectivity index (χ3v) is 4.63. The second kappa shape index (κ2) is 6.66. The first-order valence-electron chi connectivity index (χ1n) is 5.54. The molecule has 1 heterocycles. The zero-order chi connectivity index (χ0) is 13.0. The lowest BCUT2D eigenvalue weighted by atomic mass is 10.2. The summed E-state index contributed by atoms with van der Waals surface area (Å²) in [5, 5.41) is 3.48. The second-order valence-corrected chi connectivity index (χ2v) is 6.77. The van der Waals surface area contributed by atoms with E-state index >= 15 is 0 Å². The third-order valence-electron chi connectivity index (χ3n) is 2.52. The van der Waals surface area contributed by atoms with Crippen LogP contribution in [0.2, 0.25) is 5.02 Å². The van der Waals surface area contributed by atoms with Crippen molar-refractivity contribution in [3.8, 4) is 0 Å². The number of halogens is 3. The maximum absolute atomic E-state index is 13.2. The summed E-state index contributed by atoms with van der Waals surface area (Å²) in [5.74, 6) is -0.363. The lowest BCUT2D eigenvalue weighted by Gasteiger charge is -2.06. The minimum atomic E-state index is -0.363. The van der Waals surface area contributed by atoms with Crippen LogP contribution in [-0.4, -0.2) is 6.54 Å². The Balaban J connectivity index is 1.80. The summed E-state index contributed by atoms with van der Waals surface area (Å²) in [6.45, 7) is 1.43. The Morgan fingerprint density at radius 1 is 1.28 bits per heavy atom. The molecule has 0 radical (unpaired) electrons. The Bertz CT molecular complexity index is 529. The van der Waals surface area contributed by atoms with Gasteiger partial charge in [-0.1, -0.05) is 23.7 Å². The van der Waals surface area contributed by atoms with Crippen LogP contribution in [0.5, 0.6) is 0 Å². The highest BCUT2D eigenvalue weighted by molar-refractivity contribution is 9.11. The Hall–Kier alpha value is -0.420. The molecule has 1 N–H and O–H groups in total. The van der Waals surface area contributed by atoms with Gasteiger partial charge in [0.25, 0.3) is 0 Å². The fourth-order valence-electron chi connectivity index (χ4n) is 1.61. The SMILES string of the molecule is Fc1cccc(CNCCc2ccc(Br)s2)c1Cl. The van der Waals surface area contributed by atoms with Gasteiger partial charge in [-0.15, -0.1) is 11.3 Å². The van der Waals surface area contributed by atoms with Gasteiger partial charge in [0, 0.05) is 18.0 Å². The minimum Gasteiger partial charge on any atom is -0.312 e. The highest BCUT2D eigenvalue weighted by Crippen LogP contribution is 2.22. The van der Waals surface area contributed by atoms with Crippen LogP contribution in [0.1, 0.15) is 10.4 Å². The maximum atomic E-state index is 13.2. The van der Waals surface area contributed by atoms with Crippen LogP contribution in [0, 0.1) is 5.82 Å². The van der Waals surface area contributed by atoms with Gasteiger partial charge in [-0.3, -0.25) is 0 Å². The quantitative estimate of drug-likeness (QED) is 0.777. The molecule has 0 atom stereocenters. The summed E-state index contributed by atoms with van der Waals surface area (Å²) in [4.78, 5) is 1.32. The van der Waals surface area contributed by atoms with Gasteiger partial charge < -0.3 is 5.32 Å². The molecule has 2 aromatic rings. The number of thiophene rings is 1. The van der Waals surface area contributed by atoms with E-state index in [0.717, 1.165) is 22.3 Å². The molecule has 1 aromatic heterocycles. The average molecular weight is 349 g/mol. The van der Waals surface area contributed by atoms with Crippen LogP contribution in [0.3, 0.4) is 0 Å². The summed E-state index contributed by atoms with van der Waals surface area (Å²) in [5.41, 5.74) is 0.795. The molecule has 1 aromatic carbocycles. The molecule has 0 bridgehead atoms. The van der Waals surface area contributed by atoms with E-state index in [1.807, 2.05) is 12.1 Å². The normalized spacial score (nSPS) is 10.8. The van der Waals surface area contributed by atoms with Crippen LogP contribution in [-0.2, 0) is 13.0 Å². The van der Waals surface area contributed by atoms with Crippen molar-refractivity contribution in [1.82, 2.24) is 5.32 Å². The van der Waals surface area contributed by atoms with Gasteiger partial charge in [0.05, 0.1) is 8.81 Å². The standard InChI is InChI=1S/C13H12BrClFNS/c14-12-5-4-10(18-12)6-7-17-8-9-2-1-3-11(16)13(9)15/h1-5,17H,6-8H2. The summed E-state index contributed by atoms with van der Waals surface area (Å²) in [6.07, 6.45) is 0.962. The van der Waals surface area contributed by atoms with Crippen LogP contribution < -0.4 is 5.32 Å². The summed E-state index contributed by atoms with van der Waals surface area (Å²) >= 11 is 11.0. The number of rotatable bonds is 5. The van der Waals surface area contributed by atoms with Gasteiger partial charge in [0.1, 0.15) is 5.82 Å². The molecule has 0 aliphatic carbocycles. The Morgan fingerprint density at radius 3 is 2.83 bits per heavy atom. The Morgan fingerprint density at radius 2 is 2.11 bits per heavy atom. The van der Waals surface area contributed by atoms with Gasteiger partial charge >= 0.3 is 0 Å². The second-order valence-electron chi connectivity index (χ2n) is 3.85. The van der Waals surface area contributed by atoms with Crippen molar-refractivity contribution < 1.29 is 4.39 Å². The molecular formula is C13H12BrClFNS. The molecule has 0 saturated carbocycles. The molecule has 96 valence electrons. The van der Waals surface area contributed by atoms with Gasteiger partial charge in [0.15, 0.2) is 0 Å². The zero-order valence-electron chi connectivity index (χ0n) is 9.55.